The van der Waals surface area contributed by atoms with Gasteiger partial charge in [-0.05, 0) is 33.2 Å². The third-order valence-corrected chi connectivity index (χ3v) is 1.88. The van der Waals surface area contributed by atoms with Gasteiger partial charge in [0, 0.05) is 5.54 Å². The number of nitrogens with one attached hydrogen (secondary N) is 2. The first kappa shape index (κ1) is 6.05. The first-order valence-electron chi connectivity index (χ1n) is 3.21. The molecular formula is C6H14N2. The average Bonchev–Trinajstić information content (AvgIpc) is 1.64. The van der Waals surface area contributed by atoms with Gasteiger partial charge in [0.25, 0.3) is 0 Å². The van der Waals surface area contributed by atoms with Crippen molar-refractivity contribution in [2.45, 2.75) is 31.7 Å². The van der Waals surface area contributed by atoms with Gasteiger partial charge in [-0.1, -0.05) is 0 Å². The Bertz CT molecular complexity index is 76.6. The first-order chi connectivity index (χ1) is 3.77. The number of rotatable bonds is 2. The molecule has 0 aliphatic heterocycles. The lowest BCUT2D eigenvalue weighted by Crippen LogP contribution is -2.53. The van der Waals surface area contributed by atoms with Gasteiger partial charge < -0.3 is 0 Å². The van der Waals surface area contributed by atoms with Gasteiger partial charge in [0.15, 0.2) is 0 Å². The summed E-state index contributed by atoms with van der Waals surface area (Å²) in [7, 11) is 1.92. The fourth-order valence-corrected chi connectivity index (χ4v) is 1.13. The summed E-state index contributed by atoms with van der Waals surface area (Å²) in [6.07, 6.45) is 4.01. The fraction of sp³-hybridized carbons (Fsp3) is 1.00. The lowest BCUT2D eigenvalue weighted by molar-refractivity contribution is 0.188. The van der Waals surface area contributed by atoms with Gasteiger partial charge in [0.2, 0.25) is 0 Å². The summed E-state index contributed by atoms with van der Waals surface area (Å²) >= 11 is 0. The standard InChI is InChI=1S/C6H14N2/c1-6(8-7-2)4-3-5-6/h7-8H,3-5H2,1-2H3. The van der Waals surface area contributed by atoms with Crippen molar-refractivity contribution < 1.29 is 0 Å². The SMILES string of the molecule is CNNC1(C)CCC1. The highest BCUT2D eigenvalue weighted by Gasteiger charge is 2.30. The van der Waals surface area contributed by atoms with Gasteiger partial charge >= 0.3 is 0 Å². The van der Waals surface area contributed by atoms with E-state index in [1.165, 1.54) is 19.3 Å². The van der Waals surface area contributed by atoms with Gasteiger partial charge in [-0.15, -0.1) is 0 Å². The van der Waals surface area contributed by atoms with Crippen LogP contribution in [0.3, 0.4) is 0 Å². The molecule has 0 aromatic rings. The Hall–Kier alpha value is -0.0800. The molecule has 8 heavy (non-hydrogen) atoms. The van der Waals surface area contributed by atoms with Crippen LogP contribution < -0.4 is 10.9 Å². The quantitative estimate of drug-likeness (QED) is 0.515. The van der Waals surface area contributed by atoms with Crippen molar-refractivity contribution in [2.24, 2.45) is 0 Å². The lowest BCUT2D eigenvalue weighted by Gasteiger charge is -2.38. The van der Waals surface area contributed by atoms with Crippen LogP contribution in [0, 0.1) is 0 Å². The van der Waals surface area contributed by atoms with Crippen LogP contribution in [0.15, 0.2) is 0 Å². The molecule has 0 heterocycles. The largest absolute Gasteiger partial charge is 0.260 e. The van der Waals surface area contributed by atoms with Crippen LogP contribution >= 0.6 is 0 Å². The van der Waals surface area contributed by atoms with Gasteiger partial charge in [0.1, 0.15) is 0 Å². The summed E-state index contributed by atoms with van der Waals surface area (Å²) in [6.45, 7) is 2.24. The smallest absolute Gasteiger partial charge is 0.0295 e. The predicted molar refractivity (Wildman–Crippen MR) is 34.5 cm³/mol. The van der Waals surface area contributed by atoms with Gasteiger partial charge in [-0.3, -0.25) is 10.9 Å². The molecule has 0 atom stereocenters. The maximum Gasteiger partial charge on any atom is 0.0295 e. The molecule has 1 rings (SSSR count). The van der Waals surface area contributed by atoms with Crippen LogP contribution in [0.5, 0.6) is 0 Å². The summed E-state index contributed by atoms with van der Waals surface area (Å²) in [5.74, 6) is 0. The van der Waals surface area contributed by atoms with Crippen LogP contribution in [0.4, 0.5) is 0 Å². The Labute approximate surface area is 50.6 Å². The van der Waals surface area contributed by atoms with Crippen molar-refractivity contribution >= 4 is 0 Å². The van der Waals surface area contributed by atoms with Crippen LogP contribution in [-0.2, 0) is 0 Å². The minimum atomic E-state index is 0.411. The van der Waals surface area contributed by atoms with E-state index in [2.05, 4.69) is 17.8 Å². The Morgan fingerprint density at radius 1 is 1.38 bits per heavy atom. The maximum atomic E-state index is 3.21. The third-order valence-electron chi connectivity index (χ3n) is 1.88. The molecule has 1 fully saturated rings. The molecular weight excluding hydrogens is 100 g/mol. The molecule has 0 spiro atoms. The van der Waals surface area contributed by atoms with E-state index < -0.39 is 0 Å². The monoisotopic (exact) mass is 114 g/mol. The predicted octanol–water partition coefficient (Wildman–Crippen LogP) is 0.653. The molecule has 2 heteroatoms. The zero-order valence-electron chi connectivity index (χ0n) is 5.62. The second-order valence-corrected chi connectivity index (χ2v) is 2.79. The number of hydrogen-bond donors (Lipinski definition) is 2. The van der Waals surface area contributed by atoms with Crippen LogP contribution in [-0.4, -0.2) is 12.6 Å². The van der Waals surface area contributed by atoms with Crippen LogP contribution in [0.2, 0.25) is 0 Å². The topological polar surface area (TPSA) is 24.1 Å². The molecule has 0 bridgehead atoms. The van der Waals surface area contributed by atoms with Gasteiger partial charge in [-0.25, -0.2) is 0 Å². The number of hydrazine groups is 1. The molecule has 0 radical (unpaired) electrons. The molecule has 2 N–H and O–H groups in total. The van der Waals surface area contributed by atoms with Gasteiger partial charge in [-0.2, -0.15) is 0 Å². The van der Waals surface area contributed by atoms with Crippen molar-refractivity contribution in [2.75, 3.05) is 7.05 Å². The maximum absolute atomic E-state index is 3.21. The fourth-order valence-electron chi connectivity index (χ4n) is 1.13. The molecule has 48 valence electrons. The summed E-state index contributed by atoms with van der Waals surface area (Å²) in [4.78, 5) is 0. The average molecular weight is 114 g/mol. The summed E-state index contributed by atoms with van der Waals surface area (Å²) in [5.41, 5.74) is 6.58. The second kappa shape index (κ2) is 2.03. The Morgan fingerprint density at radius 2 is 2.00 bits per heavy atom. The highest BCUT2D eigenvalue weighted by molar-refractivity contribution is 4.89. The van der Waals surface area contributed by atoms with E-state index >= 15 is 0 Å². The third kappa shape index (κ3) is 1.01. The van der Waals surface area contributed by atoms with E-state index in [-0.39, 0.29) is 0 Å². The van der Waals surface area contributed by atoms with Crippen molar-refractivity contribution in [1.82, 2.24) is 10.9 Å². The molecule has 0 aromatic heterocycles. The molecule has 0 amide bonds. The van der Waals surface area contributed by atoms with Crippen molar-refractivity contribution in [3.63, 3.8) is 0 Å². The second-order valence-electron chi connectivity index (χ2n) is 2.79. The highest BCUT2D eigenvalue weighted by Crippen LogP contribution is 2.29. The minimum absolute atomic E-state index is 0.411. The zero-order valence-corrected chi connectivity index (χ0v) is 5.62. The van der Waals surface area contributed by atoms with E-state index in [4.69, 9.17) is 0 Å². The molecule has 1 aliphatic rings. The summed E-state index contributed by atoms with van der Waals surface area (Å²) in [5, 5.41) is 0. The first-order valence-corrected chi connectivity index (χ1v) is 3.21. The van der Waals surface area contributed by atoms with E-state index in [0.717, 1.165) is 0 Å². The Balaban J connectivity index is 2.20. The normalized spacial score (nSPS) is 24.8. The highest BCUT2D eigenvalue weighted by atomic mass is 15.4. The van der Waals surface area contributed by atoms with E-state index in [1.807, 2.05) is 7.05 Å². The van der Waals surface area contributed by atoms with Crippen molar-refractivity contribution in [1.29, 1.82) is 0 Å². The van der Waals surface area contributed by atoms with E-state index in [9.17, 15) is 0 Å². The molecule has 1 saturated carbocycles. The molecule has 1 aliphatic carbocycles. The molecule has 2 nitrogen and oxygen atoms in total. The zero-order chi connectivity index (χ0) is 6.04. The summed E-state index contributed by atoms with van der Waals surface area (Å²) < 4.78 is 0. The van der Waals surface area contributed by atoms with E-state index in [0.29, 0.717) is 5.54 Å². The van der Waals surface area contributed by atoms with Gasteiger partial charge in [0.05, 0.1) is 0 Å². The Kier molecular flexibility index (Phi) is 1.54. The summed E-state index contributed by atoms with van der Waals surface area (Å²) in [6, 6.07) is 0. The van der Waals surface area contributed by atoms with E-state index in [1.54, 1.807) is 0 Å². The van der Waals surface area contributed by atoms with Crippen molar-refractivity contribution in [3.8, 4) is 0 Å². The number of hydrogen-bond acceptors (Lipinski definition) is 2. The minimum Gasteiger partial charge on any atom is -0.260 e. The van der Waals surface area contributed by atoms with Crippen LogP contribution in [0.25, 0.3) is 0 Å². The van der Waals surface area contributed by atoms with Crippen molar-refractivity contribution in [3.05, 3.63) is 0 Å². The van der Waals surface area contributed by atoms with Crippen LogP contribution in [0.1, 0.15) is 26.2 Å². The Morgan fingerprint density at radius 3 is 2.12 bits per heavy atom. The molecule has 0 aromatic carbocycles. The molecule has 0 unspecified atom stereocenters. The lowest BCUT2D eigenvalue weighted by atomic mass is 9.79. The molecule has 0 saturated heterocycles.